The normalized spacial score (nSPS) is 31.8. The van der Waals surface area contributed by atoms with Crippen molar-refractivity contribution in [3.05, 3.63) is 34.9 Å². The molecular weight excluding hydrogens is 302 g/mol. The lowest BCUT2D eigenvalue weighted by molar-refractivity contribution is -0.146. The van der Waals surface area contributed by atoms with Gasteiger partial charge < -0.3 is 9.84 Å². The Morgan fingerprint density at radius 3 is 2.73 bits per heavy atom. The fourth-order valence-corrected chi connectivity index (χ4v) is 4.04. The van der Waals surface area contributed by atoms with Gasteiger partial charge in [-0.15, -0.1) is 0 Å². The quantitative estimate of drug-likeness (QED) is 0.869. The molecule has 1 saturated heterocycles. The van der Waals surface area contributed by atoms with Crippen molar-refractivity contribution < 1.29 is 14.6 Å². The van der Waals surface area contributed by atoms with Crippen LogP contribution in [0.2, 0.25) is 5.02 Å². The number of benzene rings is 1. The zero-order chi connectivity index (χ0) is 15.7. The van der Waals surface area contributed by atoms with Crippen molar-refractivity contribution in [1.29, 1.82) is 0 Å². The van der Waals surface area contributed by atoms with Gasteiger partial charge in [0, 0.05) is 17.6 Å². The highest BCUT2D eigenvalue weighted by Gasteiger charge is 2.47. The molecule has 1 heterocycles. The Balaban J connectivity index is 1.82. The van der Waals surface area contributed by atoms with Gasteiger partial charge in [0.25, 0.3) is 0 Å². The number of aliphatic hydroxyl groups is 1. The summed E-state index contributed by atoms with van der Waals surface area (Å²) in [7, 11) is 1.44. The van der Waals surface area contributed by atoms with Gasteiger partial charge in [0.15, 0.2) is 0 Å². The van der Waals surface area contributed by atoms with Crippen molar-refractivity contribution in [3.63, 3.8) is 0 Å². The summed E-state index contributed by atoms with van der Waals surface area (Å²) in [6.07, 6.45) is 3.13. The largest absolute Gasteiger partial charge is 0.468 e. The van der Waals surface area contributed by atoms with Crippen LogP contribution >= 0.6 is 11.6 Å². The van der Waals surface area contributed by atoms with Gasteiger partial charge in [-0.1, -0.05) is 23.7 Å². The molecular formula is C17H22ClNO3. The molecule has 1 aliphatic carbocycles. The standard InChI is InChI=1S/C17H22ClNO3/c1-22-17(21)16-8-12-4-7-14(20)9-15(12)19(16)10-11-2-5-13(18)6-3-11/h2-3,5-6,12,14-16,20H,4,7-10H2,1H3/t12-,14+,15-,16+/m1/s1. The molecule has 2 aliphatic rings. The number of ether oxygens (including phenoxy) is 1. The summed E-state index contributed by atoms with van der Waals surface area (Å²) < 4.78 is 4.99. The van der Waals surface area contributed by atoms with E-state index in [-0.39, 0.29) is 24.2 Å². The fourth-order valence-electron chi connectivity index (χ4n) is 3.92. The second-order valence-corrected chi connectivity index (χ2v) is 6.80. The Labute approximate surface area is 136 Å². The summed E-state index contributed by atoms with van der Waals surface area (Å²) in [5.41, 5.74) is 1.12. The van der Waals surface area contributed by atoms with E-state index in [4.69, 9.17) is 16.3 Å². The number of methoxy groups -OCH3 is 1. The van der Waals surface area contributed by atoms with Crippen molar-refractivity contribution in [2.75, 3.05) is 7.11 Å². The maximum atomic E-state index is 12.1. The van der Waals surface area contributed by atoms with Gasteiger partial charge in [-0.05, 0) is 49.3 Å². The third-order valence-electron chi connectivity index (χ3n) is 5.03. The molecule has 0 radical (unpaired) electrons. The van der Waals surface area contributed by atoms with Crippen LogP contribution in [0.4, 0.5) is 0 Å². The summed E-state index contributed by atoms with van der Waals surface area (Å²) in [6.45, 7) is 0.685. The molecule has 1 aromatic rings. The van der Waals surface area contributed by atoms with E-state index in [2.05, 4.69) is 4.90 Å². The zero-order valence-corrected chi connectivity index (χ0v) is 13.5. The van der Waals surface area contributed by atoms with Crippen LogP contribution in [0.15, 0.2) is 24.3 Å². The molecule has 22 heavy (non-hydrogen) atoms. The highest BCUT2D eigenvalue weighted by Crippen LogP contribution is 2.41. The van der Waals surface area contributed by atoms with E-state index in [0.29, 0.717) is 17.5 Å². The van der Waals surface area contributed by atoms with Crippen molar-refractivity contribution in [1.82, 2.24) is 4.90 Å². The van der Waals surface area contributed by atoms with E-state index in [9.17, 15) is 9.90 Å². The second-order valence-electron chi connectivity index (χ2n) is 6.37. The van der Waals surface area contributed by atoms with E-state index in [1.807, 2.05) is 24.3 Å². The van der Waals surface area contributed by atoms with Crippen LogP contribution in [0, 0.1) is 5.92 Å². The zero-order valence-electron chi connectivity index (χ0n) is 12.7. The predicted molar refractivity (Wildman–Crippen MR) is 84.6 cm³/mol. The minimum Gasteiger partial charge on any atom is -0.468 e. The van der Waals surface area contributed by atoms with Crippen molar-refractivity contribution in [3.8, 4) is 0 Å². The summed E-state index contributed by atoms with van der Waals surface area (Å²) >= 11 is 5.94. The van der Waals surface area contributed by atoms with Gasteiger partial charge >= 0.3 is 5.97 Å². The lowest BCUT2D eigenvalue weighted by Gasteiger charge is -2.35. The van der Waals surface area contributed by atoms with Crippen LogP contribution in [0.5, 0.6) is 0 Å². The van der Waals surface area contributed by atoms with E-state index >= 15 is 0 Å². The molecule has 1 saturated carbocycles. The molecule has 0 aromatic heterocycles. The van der Waals surface area contributed by atoms with E-state index in [0.717, 1.165) is 31.2 Å². The van der Waals surface area contributed by atoms with Gasteiger partial charge in [0.1, 0.15) is 6.04 Å². The Morgan fingerprint density at radius 2 is 2.05 bits per heavy atom. The van der Waals surface area contributed by atoms with Gasteiger partial charge in [-0.25, -0.2) is 0 Å². The van der Waals surface area contributed by atoms with Crippen LogP contribution in [-0.2, 0) is 16.1 Å². The predicted octanol–water partition coefficient (Wildman–Crippen LogP) is 2.62. The van der Waals surface area contributed by atoms with Crippen LogP contribution in [0.25, 0.3) is 0 Å². The Kier molecular flexibility index (Phi) is 4.71. The molecule has 0 bridgehead atoms. The highest BCUT2D eigenvalue weighted by molar-refractivity contribution is 6.30. The van der Waals surface area contributed by atoms with Crippen LogP contribution in [0.1, 0.15) is 31.2 Å². The van der Waals surface area contributed by atoms with Crippen molar-refractivity contribution in [2.45, 2.75) is 50.4 Å². The number of halogens is 1. The number of rotatable bonds is 3. The number of carbonyl (C=O) groups is 1. The van der Waals surface area contributed by atoms with Gasteiger partial charge in [0.2, 0.25) is 0 Å². The first-order valence-electron chi connectivity index (χ1n) is 7.84. The number of hydrogen-bond donors (Lipinski definition) is 1. The Hall–Kier alpha value is -1.10. The SMILES string of the molecule is COC(=O)[C@@H]1C[C@H]2CC[C@H](O)C[C@H]2N1Cc1ccc(Cl)cc1. The van der Waals surface area contributed by atoms with E-state index in [1.54, 1.807) is 0 Å². The average Bonchev–Trinajstić information content (AvgIpc) is 2.87. The van der Waals surface area contributed by atoms with Gasteiger partial charge in [-0.2, -0.15) is 0 Å². The molecule has 5 heteroatoms. The lowest BCUT2D eigenvalue weighted by Crippen LogP contribution is -2.44. The summed E-state index contributed by atoms with van der Waals surface area (Å²) in [5, 5.41) is 10.7. The van der Waals surface area contributed by atoms with Crippen LogP contribution in [0.3, 0.4) is 0 Å². The molecule has 2 fully saturated rings. The maximum Gasteiger partial charge on any atom is 0.323 e. The number of hydrogen-bond acceptors (Lipinski definition) is 4. The molecule has 4 nitrogen and oxygen atoms in total. The van der Waals surface area contributed by atoms with Crippen LogP contribution < -0.4 is 0 Å². The highest BCUT2D eigenvalue weighted by atomic mass is 35.5. The monoisotopic (exact) mass is 323 g/mol. The molecule has 0 spiro atoms. The average molecular weight is 324 g/mol. The van der Waals surface area contributed by atoms with Gasteiger partial charge in [-0.3, -0.25) is 9.69 Å². The Bertz CT molecular complexity index is 533. The topological polar surface area (TPSA) is 49.8 Å². The number of esters is 1. The summed E-state index contributed by atoms with van der Waals surface area (Å²) in [4.78, 5) is 14.4. The maximum absolute atomic E-state index is 12.1. The van der Waals surface area contributed by atoms with E-state index < -0.39 is 0 Å². The van der Waals surface area contributed by atoms with E-state index in [1.165, 1.54) is 7.11 Å². The lowest BCUT2D eigenvalue weighted by atomic mass is 9.83. The first-order chi connectivity index (χ1) is 10.6. The molecule has 1 aliphatic heterocycles. The first kappa shape index (κ1) is 15.8. The number of nitrogens with zero attached hydrogens (tertiary/aromatic N) is 1. The molecule has 1 N–H and O–H groups in total. The molecule has 0 unspecified atom stereocenters. The fraction of sp³-hybridized carbons (Fsp3) is 0.588. The van der Waals surface area contributed by atoms with Crippen LogP contribution in [-0.4, -0.2) is 41.3 Å². The molecule has 120 valence electrons. The minimum absolute atomic E-state index is 0.169. The van der Waals surface area contributed by atoms with Crippen molar-refractivity contribution >= 4 is 17.6 Å². The number of likely N-dealkylation sites (tertiary alicyclic amines) is 1. The third-order valence-corrected chi connectivity index (χ3v) is 5.28. The summed E-state index contributed by atoms with van der Waals surface area (Å²) in [5.74, 6) is 0.303. The number of fused-ring (bicyclic) bond motifs is 1. The third kappa shape index (κ3) is 3.14. The molecule has 4 atom stereocenters. The first-order valence-corrected chi connectivity index (χ1v) is 8.22. The Morgan fingerprint density at radius 1 is 1.32 bits per heavy atom. The second kappa shape index (κ2) is 6.57. The van der Waals surface area contributed by atoms with Gasteiger partial charge in [0.05, 0.1) is 13.2 Å². The van der Waals surface area contributed by atoms with Crippen molar-refractivity contribution in [2.24, 2.45) is 5.92 Å². The number of aliphatic hydroxyl groups excluding tert-OH is 1. The minimum atomic E-state index is -0.259. The summed E-state index contributed by atoms with van der Waals surface area (Å²) in [6, 6.07) is 7.76. The molecule has 0 amide bonds. The smallest absolute Gasteiger partial charge is 0.323 e. The number of carbonyl (C=O) groups excluding carboxylic acids is 1. The molecule has 3 rings (SSSR count). The molecule has 1 aromatic carbocycles.